The highest BCUT2D eigenvalue weighted by Crippen LogP contribution is 2.23. The minimum Gasteiger partial charge on any atom is -0.369 e. The normalized spacial score (nSPS) is 20.6. The van der Waals surface area contributed by atoms with Crippen molar-refractivity contribution in [2.75, 3.05) is 32.7 Å². The molecule has 3 rings (SSSR count). The number of amides is 2. The van der Waals surface area contributed by atoms with Gasteiger partial charge in [0.15, 0.2) is 0 Å². The van der Waals surface area contributed by atoms with Crippen LogP contribution in [0.5, 0.6) is 0 Å². The van der Waals surface area contributed by atoms with Gasteiger partial charge in [-0.05, 0) is 56.8 Å². The van der Waals surface area contributed by atoms with Crippen molar-refractivity contribution in [1.82, 2.24) is 9.80 Å². The summed E-state index contributed by atoms with van der Waals surface area (Å²) < 4.78 is 13.8. The zero-order chi connectivity index (χ0) is 17.8. The fraction of sp³-hybridized carbons (Fsp3) is 0.579. The van der Waals surface area contributed by atoms with Gasteiger partial charge in [0.25, 0.3) is 5.91 Å². The van der Waals surface area contributed by atoms with Crippen LogP contribution in [0.1, 0.15) is 36.0 Å². The maximum atomic E-state index is 13.8. The summed E-state index contributed by atoms with van der Waals surface area (Å²) >= 11 is 0. The lowest BCUT2D eigenvalue weighted by Gasteiger charge is -2.37. The number of carbonyl (C=O) groups is 2. The van der Waals surface area contributed by atoms with Crippen molar-refractivity contribution in [3.8, 4) is 0 Å². The van der Waals surface area contributed by atoms with E-state index in [0.717, 1.165) is 45.3 Å². The van der Waals surface area contributed by atoms with Crippen LogP contribution in [-0.2, 0) is 4.79 Å². The first-order valence-corrected chi connectivity index (χ1v) is 9.10. The summed E-state index contributed by atoms with van der Waals surface area (Å²) in [6.45, 7) is 4.20. The maximum Gasteiger partial charge on any atom is 0.256 e. The first-order chi connectivity index (χ1) is 12.0. The summed E-state index contributed by atoms with van der Waals surface area (Å²) in [5.41, 5.74) is 5.54. The molecule has 2 fully saturated rings. The average Bonchev–Trinajstić information content (AvgIpc) is 2.63. The van der Waals surface area contributed by atoms with E-state index >= 15 is 0 Å². The fourth-order valence-corrected chi connectivity index (χ4v) is 3.89. The van der Waals surface area contributed by atoms with Crippen molar-refractivity contribution in [3.05, 3.63) is 35.6 Å². The number of likely N-dealkylation sites (tertiary alicyclic amines) is 2. The second-order valence-electron chi connectivity index (χ2n) is 7.19. The van der Waals surface area contributed by atoms with Crippen LogP contribution in [0, 0.1) is 17.7 Å². The number of primary amides is 1. The summed E-state index contributed by atoms with van der Waals surface area (Å²) in [4.78, 5) is 27.8. The highest BCUT2D eigenvalue weighted by Gasteiger charge is 2.28. The first kappa shape index (κ1) is 17.9. The number of rotatable bonds is 4. The van der Waals surface area contributed by atoms with Gasteiger partial charge in [0, 0.05) is 25.6 Å². The van der Waals surface area contributed by atoms with Crippen LogP contribution in [-0.4, -0.2) is 54.3 Å². The van der Waals surface area contributed by atoms with Crippen molar-refractivity contribution in [3.63, 3.8) is 0 Å². The van der Waals surface area contributed by atoms with Crippen LogP contribution in [0.3, 0.4) is 0 Å². The Kier molecular flexibility index (Phi) is 5.68. The van der Waals surface area contributed by atoms with Crippen molar-refractivity contribution < 1.29 is 14.0 Å². The van der Waals surface area contributed by atoms with E-state index in [-0.39, 0.29) is 23.3 Å². The number of piperidine rings is 2. The first-order valence-electron chi connectivity index (χ1n) is 9.10. The van der Waals surface area contributed by atoms with Crippen LogP contribution >= 0.6 is 0 Å². The monoisotopic (exact) mass is 347 g/mol. The predicted octanol–water partition coefficient (Wildman–Crippen LogP) is 1.88. The summed E-state index contributed by atoms with van der Waals surface area (Å²) in [5, 5.41) is 0. The van der Waals surface area contributed by atoms with Crippen LogP contribution in [0.25, 0.3) is 0 Å². The Balaban J connectivity index is 1.46. The molecule has 136 valence electrons. The molecule has 2 saturated heterocycles. The number of hydrogen-bond acceptors (Lipinski definition) is 3. The van der Waals surface area contributed by atoms with Gasteiger partial charge < -0.3 is 15.5 Å². The van der Waals surface area contributed by atoms with Crippen LogP contribution in [0.2, 0.25) is 0 Å². The standard InChI is InChI=1S/C19H26FN3O2/c20-17-4-2-1-3-16(17)19(25)23-11-5-14(6-12-23)13-22-9-7-15(8-10-22)18(21)24/h1-4,14-15H,5-13H2,(H2,21,24). The number of nitrogens with zero attached hydrogens (tertiary/aromatic N) is 2. The Hall–Kier alpha value is -1.95. The number of nitrogens with two attached hydrogens (primary N) is 1. The Bertz CT molecular complexity index is 621. The minimum absolute atomic E-state index is 0.0245. The SMILES string of the molecule is NC(=O)C1CCN(CC2CCN(C(=O)c3ccccc3F)CC2)CC1. The molecule has 0 radical (unpaired) electrons. The predicted molar refractivity (Wildman–Crippen MR) is 93.4 cm³/mol. The maximum absolute atomic E-state index is 13.8. The molecule has 25 heavy (non-hydrogen) atoms. The molecular formula is C19H26FN3O2. The average molecular weight is 347 g/mol. The van der Waals surface area contributed by atoms with Gasteiger partial charge in [0.2, 0.25) is 5.91 Å². The Labute approximate surface area is 148 Å². The lowest BCUT2D eigenvalue weighted by Crippen LogP contribution is -2.44. The second-order valence-corrected chi connectivity index (χ2v) is 7.19. The Morgan fingerprint density at radius 1 is 1.04 bits per heavy atom. The smallest absolute Gasteiger partial charge is 0.256 e. The van der Waals surface area contributed by atoms with Gasteiger partial charge in [-0.15, -0.1) is 0 Å². The second kappa shape index (κ2) is 7.95. The molecule has 6 heteroatoms. The van der Waals surface area contributed by atoms with Crippen molar-refractivity contribution in [2.24, 2.45) is 17.6 Å². The number of halogens is 1. The third kappa shape index (κ3) is 4.37. The Morgan fingerprint density at radius 3 is 2.28 bits per heavy atom. The molecule has 0 bridgehead atoms. The Morgan fingerprint density at radius 2 is 1.68 bits per heavy atom. The topological polar surface area (TPSA) is 66.6 Å². The molecule has 1 aromatic carbocycles. The summed E-state index contributed by atoms with van der Waals surface area (Å²) in [6, 6.07) is 6.17. The molecule has 0 aromatic heterocycles. The fourth-order valence-electron chi connectivity index (χ4n) is 3.89. The van der Waals surface area contributed by atoms with Crippen molar-refractivity contribution in [2.45, 2.75) is 25.7 Å². The van der Waals surface area contributed by atoms with Gasteiger partial charge in [0.05, 0.1) is 5.56 Å². The molecular weight excluding hydrogens is 321 g/mol. The molecule has 1 aromatic rings. The van der Waals surface area contributed by atoms with Crippen LogP contribution in [0.15, 0.2) is 24.3 Å². The van der Waals surface area contributed by atoms with Crippen LogP contribution < -0.4 is 5.73 Å². The lowest BCUT2D eigenvalue weighted by molar-refractivity contribution is -0.123. The van der Waals surface area contributed by atoms with Gasteiger partial charge in [-0.3, -0.25) is 9.59 Å². The van der Waals surface area contributed by atoms with Crippen molar-refractivity contribution >= 4 is 11.8 Å². The van der Waals surface area contributed by atoms with Gasteiger partial charge in [-0.25, -0.2) is 4.39 Å². The largest absolute Gasteiger partial charge is 0.369 e. The molecule has 5 nitrogen and oxygen atoms in total. The molecule has 2 heterocycles. The van der Waals surface area contributed by atoms with E-state index < -0.39 is 5.82 Å². The van der Waals surface area contributed by atoms with E-state index in [0.29, 0.717) is 19.0 Å². The van der Waals surface area contributed by atoms with E-state index in [9.17, 15) is 14.0 Å². The summed E-state index contributed by atoms with van der Waals surface area (Å²) in [7, 11) is 0. The molecule has 0 spiro atoms. The zero-order valence-electron chi connectivity index (χ0n) is 14.5. The van der Waals surface area contributed by atoms with E-state index in [1.54, 1.807) is 23.1 Å². The van der Waals surface area contributed by atoms with Crippen molar-refractivity contribution in [1.29, 1.82) is 0 Å². The highest BCUT2D eigenvalue weighted by atomic mass is 19.1. The molecule has 2 N–H and O–H groups in total. The van der Waals surface area contributed by atoms with E-state index in [1.807, 2.05) is 0 Å². The summed E-state index contributed by atoms with van der Waals surface area (Å²) in [6.07, 6.45) is 3.58. The third-order valence-corrected chi connectivity index (χ3v) is 5.51. The van der Waals surface area contributed by atoms with Gasteiger partial charge >= 0.3 is 0 Å². The third-order valence-electron chi connectivity index (χ3n) is 5.51. The number of carbonyl (C=O) groups excluding carboxylic acids is 2. The quantitative estimate of drug-likeness (QED) is 0.904. The minimum atomic E-state index is -0.452. The zero-order valence-corrected chi connectivity index (χ0v) is 14.5. The van der Waals surface area contributed by atoms with Gasteiger partial charge in [-0.2, -0.15) is 0 Å². The molecule has 2 aliphatic heterocycles. The molecule has 2 amide bonds. The van der Waals surface area contributed by atoms with E-state index in [2.05, 4.69) is 4.90 Å². The summed E-state index contributed by atoms with van der Waals surface area (Å²) in [5.74, 6) is -0.267. The van der Waals surface area contributed by atoms with Gasteiger partial charge in [0.1, 0.15) is 5.82 Å². The number of benzene rings is 1. The molecule has 2 aliphatic rings. The van der Waals surface area contributed by atoms with E-state index in [1.165, 1.54) is 6.07 Å². The molecule has 0 unspecified atom stereocenters. The van der Waals surface area contributed by atoms with E-state index in [4.69, 9.17) is 5.73 Å². The lowest BCUT2D eigenvalue weighted by atomic mass is 9.92. The molecule has 0 saturated carbocycles. The molecule has 0 atom stereocenters. The van der Waals surface area contributed by atoms with Crippen LogP contribution in [0.4, 0.5) is 4.39 Å². The highest BCUT2D eigenvalue weighted by molar-refractivity contribution is 5.94. The number of hydrogen-bond donors (Lipinski definition) is 1. The van der Waals surface area contributed by atoms with Gasteiger partial charge in [-0.1, -0.05) is 12.1 Å². The molecule has 0 aliphatic carbocycles.